The molecule has 100 valence electrons. The molecule has 0 spiro atoms. The molecular formula is C15H11F2N3. The van der Waals surface area contributed by atoms with Gasteiger partial charge in [0.2, 0.25) is 0 Å². The maximum Gasteiger partial charge on any atom is 0.169 e. The molecule has 1 heterocycles. The van der Waals surface area contributed by atoms with Gasteiger partial charge in [0.05, 0.1) is 11.1 Å². The molecule has 0 bridgehead atoms. The van der Waals surface area contributed by atoms with Gasteiger partial charge in [-0.05, 0) is 30.7 Å². The van der Waals surface area contributed by atoms with Gasteiger partial charge in [0.15, 0.2) is 17.5 Å². The molecule has 0 atom stereocenters. The molecule has 0 amide bonds. The van der Waals surface area contributed by atoms with Gasteiger partial charge in [-0.15, -0.1) is 0 Å². The van der Waals surface area contributed by atoms with Crippen LogP contribution in [0.1, 0.15) is 5.56 Å². The molecule has 20 heavy (non-hydrogen) atoms. The molecule has 2 N–H and O–H groups in total. The molecule has 0 saturated carbocycles. The first-order chi connectivity index (χ1) is 9.58. The van der Waals surface area contributed by atoms with Crippen molar-refractivity contribution in [3.63, 3.8) is 0 Å². The summed E-state index contributed by atoms with van der Waals surface area (Å²) >= 11 is 0. The summed E-state index contributed by atoms with van der Waals surface area (Å²) in [4.78, 5) is 8.37. The van der Waals surface area contributed by atoms with Crippen LogP contribution in [0.25, 0.3) is 22.3 Å². The lowest BCUT2D eigenvalue weighted by Crippen LogP contribution is -2.01. The highest BCUT2D eigenvalue weighted by atomic mass is 19.2. The molecule has 3 rings (SSSR count). The Morgan fingerprint density at radius 2 is 1.75 bits per heavy atom. The highest BCUT2D eigenvalue weighted by molar-refractivity contribution is 5.92. The third-order valence-corrected chi connectivity index (χ3v) is 3.15. The van der Waals surface area contributed by atoms with E-state index in [1.165, 1.54) is 12.1 Å². The van der Waals surface area contributed by atoms with E-state index in [0.717, 1.165) is 17.0 Å². The Balaban J connectivity index is 2.31. The molecular weight excluding hydrogens is 260 g/mol. The van der Waals surface area contributed by atoms with Crippen LogP contribution in [0.4, 0.5) is 14.6 Å². The van der Waals surface area contributed by atoms with E-state index in [9.17, 15) is 8.78 Å². The molecule has 0 radical (unpaired) electrons. The number of nitrogens with two attached hydrogens (primary N) is 1. The zero-order chi connectivity index (χ0) is 14.3. The van der Waals surface area contributed by atoms with Crippen molar-refractivity contribution in [1.29, 1.82) is 0 Å². The van der Waals surface area contributed by atoms with Gasteiger partial charge in [0.1, 0.15) is 5.82 Å². The van der Waals surface area contributed by atoms with Crippen molar-refractivity contribution in [2.75, 3.05) is 5.73 Å². The van der Waals surface area contributed by atoms with E-state index >= 15 is 0 Å². The summed E-state index contributed by atoms with van der Waals surface area (Å²) in [6, 6.07) is 9.37. The third kappa shape index (κ3) is 1.87. The van der Waals surface area contributed by atoms with Crippen LogP contribution in [-0.4, -0.2) is 9.97 Å². The number of fused-ring (bicyclic) bond motifs is 1. The molecule has 1 aromatic heterocycles. The molecule has 2 aromatic carbocycles. The number of rotatable bonds is 1. The summed E-state index contributed by atoms with van der Waals surface area (Å²) in [5, 5.41) is 0.730. The quantitative estimate of drug-likeness (QED) is 0.737. The predicted octanol–water partition coefficient (Wildman–Crippen LogP) is 3.47. The SMILES string of the molecule is Cc1cccc2nc(-c3cccc(F)c3F)nc(N)c12. The first-order valence-electron chi connectivity index (χ1n) is 6.05. The van der Waals surface area contributed by atoms with Gasteiger partial charge >= 0.3 is 0 Å². The number of hydrogen-bond acceptors (Lipinski definition) is 3. The highest BCUT2D eigenvalue weighted by Gasteiger charge is 2.14. The number of nitrogens with zero attached hydrogens (tertiary/aromatic N) is 2. The molecule has 5 heteroatoms. The standard InChI is InChI=1S/C15H11F2N3/c1-8-4-2-7-11-12(8)14(18)20-15(19-11)9-5-3-6-10(16)13(9)17/h2-7H,1H3,(H2,18,19,20). The molecule has 0 aliphatic heterocycles. The summed E-state index contributed by atoms with van der Waals surface area (Å²) < 4.78 is 27.1. The predicted molar refractivity (Wildman–Crippen MR) is 74.0 cm³/mol. The summed E-state index contributed by atoms with van der Waals surface area (Å²) in [7, 11) is 0. The topological polar surface area (TPSA) is 51.8 Å². The monoisotopic (exact) mass is 271 g/mol. The fourth-order valence-electron chi connectivity index (χ4n) is 2.18. The van der Waals surface area contributed by atoms with Crippen molar-refractivity contribution in [2.45, 2.75) is 6.92 Å². The number of aromatic nitrogens is 2. The Kier molecular flexibility index (Phi) is 2.82. The first-order valence-corrected chi connectivity index (χ1v) is 6.05. The average molecular weight is 271 g/mol. The summed E-state index contributed by atoms with van der Waals surface area (Å²) in [5.74, 6) is -1.57. The first kappa shape index (κ1) is 12.5. The van der Waals surface area contributed by atoms with E-state index < -0.39 is 11.6 Å². The normalized spacial score (nSPS) is 10.9. The van der Waals surface area contributed by atoms with E-state index in [4.69, 9.17) is 5.73 Å². The zero-order valence-electron chi connectivity index (χ0n) is 10.7. The molecule has 0 saturated heterocycles. The van der Waals surface area contributed by atoms with Gasteiger partial charge < -0.3 is 5.73 Å². The van der Waals surface area contributed by atoms with Crippen molar-refractivity contribution in [3.8, 4) is 11.4 Å². The molecule has 0 unspecified atom stereocenters. The Bertz CT molecular complexity index is 816. The van der Waals surface area contributed by atoms with Gasteiger partial charge in [-0.2, -0.15) is 0 Å². The lowest BCUT2D eigenvalue weighted by molar-refractivity contribution is 0.510. The summed E-state index contributed by atoms with van der Waals surface area (Å²) in [6.45, 7) is 1.89. The molecule has 0 aliphatic carbocycles. The molecule has 0 aliphatic rings. The van der Waals surface area contributed by atoms with Crippen molar-refractivity contribution in [3.05, 3.63) is 53.6 Å². The molecule has 0 fully saturated rings. The lowest BCUT2D eigenvalue weighted by Gasteiger charge is -2.08. The average Bonchev–Trinajstić information content (AvgIpc) is 2.41. The maximum absolute atomic E-state index is 13.8. The Morgan fingerprint density at radius 1 is 1.00 bits per heavy atom. The molecule has 3 aromatic rings. The van der Waals surface area contributed by atoms with E-state index in [1.54, 1.807) is 6.07 Å². The number of benzene rings is 2. The van der Waals surface area contributed by atoms with Crippen LogP contribution >= 0.6 is 0 Å². The van der Waals surface area contributed by atoms with E-state index in [2.05, 4.69) is 9.97 Å². The van der Waals surface area contributed by atoms with Gasteiger partial charge in [-0.1, -0.05) is 18.2 Å². The zero-order valence-corrected chi connectivity index (χ0v) is 10.7. The van der Waals surface area contributed by atoms with Crippen molar-refractivity contribution in [2.24, 2.45) is 0 Å². The second-order valence-corrected chi connectivity index (χ2v) is 4.50. The van der Waals surface area contributed by atoms with Crippen LogP contribution in [0.5, 0.6) is 0 Å². The van der Waals surface area contributed by atoms with Crippen LogP contribution in [0.15, 0.2) is 36.4 Å². The number of nitrogen functional groups attached to an aromatic ring is 1. The van der Waals surface area contributed by atoms with Gasteiger partial charge in [-0.25, -0.2) is 18.7 Å². The second-order valence-electron chi connectivity index (χ2n) is 4.50. The maximum atomic E-state index is 13.8. The molecule has 3 nitrogen and oxygen atoms in total. The summed E-state index contributed by atoms with van der Waals surface area (Å²) in [6.07, 6.45) is 0. The Hall–Kier alpha value is -2.56. The second kappa shape index (κ2) is 4.52. The van der Waals surface area contributed by atoms with Crippen LogP contribution < -0.4 is 5.73 Å². The van der Waals surface area contributed by atoms with Crippen LogP contribution in [-0.2, 0) is 0 Å². The Morgan fingerprint density at radius 3 is 2.55 bits per heavy atom. The minimum absolute atomic E-state index is 0.0000983. The van der Waals surface area contributed by atoms with Crippen molar-refractivity contribution < 1.29 is 8.78 Å². The van der Waals surface area contributed by atoms with E-state index in [0.29, 0.717) is 5.52 Å². The fourth-order valence-corrected chi connectivity index (χ4v) is 2.18. The van der Waals surface area contributed by atoms with Crippen LogP contribution in [0.3, 0.4) is 0 Å². The Labute approximate surface area is 114 Å². The van der Waals surface area contributed by atoms with E-state index in [1.807, 2.05) is 19.1 Å². The minimum Gasteiger partial charge on any atom is -0.383 e. The number of halogens is 2. The van der Waals surface area contributed by atoms with Crippen molar-refractivity contribution >= 4 is 16.7 Å². The van der Waals surface area contributed by atoms with Crippen molar-refractivity contribution in [1.82, 2.24) is 9.97 Å². The van der Waals surface area contributed by atoms with Gasteiger partial charge in [0, 0.05) is 5.39 Å². The summed E-state index contributed by atoms with van der Waals surface area (Å²) in [5.41, 5.74) is 7.46. The smallest absolute Gasteiger partial charge is 0.169 e. The van der Waals surface area contributed by atoms with Gasteiger partial charge in [-0.3, -0.25) is 0 Å². The largest absolute Gasteiger partial charge is 0.383 e. The number of anilines is 1. The number of hydrogen-bond donors (Lipinski definition) is 1. The van der Waals surface area contributed by atoms with E-state index in [-0.39, 0.29) is 17.2 Å². The minimum atomic E-state index is -0.973. The fraction of sp³-hybridized carbons (Fsp3) is 0.0667. The number of aryl methyl sites for hydroxylation is 1. The highest BCUT2D eigenvalue weighted by Crippen LogP contribution is 2.27. The van der Waals surface area contributed by atoms with Gasteiger partial charge in [0.25, 0.3) is 0 Å². The van der Waals surface area contributed by atoms with Crippen LogP contribution in [0, 0.1) is 18.6 Å². The van der Waals surface area contributed by atoms with Crippen LogP contribution in [0.2, 0.25) is 0 Å². The third-order valence-electron chi connectivity index (χ3n) is 3.15. The lowest BCUT2D eigenvalue weighted by atomic mass is 10.1.